The molecule has 3 nitrogen and oxygen atoms in total. The van der Waals surface area contributed by atoms with E-state index in [-0.39, 0.29) is 5.56 Å². The van der Waals surface area contributed by atoms with Crippen LogP contribution in [0.3, 0.4) is 0 Å². The van der Waals surface area contributed by atoms with Crippen LogP contribution in [-0.4, -0.2) is 36.2 Å². The van der Waals surface area contributed by atoms with Gasteiger partial charge in [0.1, 0.15) is 6.23 Å². The minimum atomic E-state index is -4.49. The van der Waals surface area contributed by atoms with Crippen LogP contribution in [-0.2, 0) is 6.18 Å². The predicted molar refractivity (Wildman–Crippen MR) is 59.7 cm³/mol. The molecule has 0 aromatic heterocycles. The number of nitrogens with zero attached hydrogens (tertiary/aromatic N) is 1. The summed E-state index contributed by atoms with van der Waals surface area (Å²) in [6.45, 7) is 2.37. The van der Waals surface area contributed by atoms with Crippen LogP contribution in [0, 0.1) is 6.07 Å². The summed E-state index contributed by atoms with van der Waals surface area (Å²) in [4.78, 5) is 1.62. The summed E-state index contributed by atoms with van der Waals surface area (Å²) >= 11 is 0. The van der Waals surface area contributed by atoms with Gasteiger partial charge in [-0.25, -0.2) is 0 Å². The van der Waals surface area contributed by atoms with Crippen molar-refractivity contribution in [3.63, 3.8) is 0 Å². The van der Waals surface area contributed by atoms with Gasteiger partial charge in [-0.3, -0.25) is 4.90 Å². The Hall–Kier alpha value is -1.11. The SMILES string of the molecule is OC(c1ccc[c]c1C(F)(F)F)N1CCNCC1. The quantitative estimate of drug-likeness (QED) is 0.842. The monoisotopic (exact) mass is 259 g/mol. The van der Waals surface area contributed by atoms with Crippen LogP contribution in [0.1, 0.15) is 17.4 Å². The fourth-order valence-electron chi connectivity index (χ4n) is 2.03. The molecule has 1 aliphatic rings. The standard InChI is InChI=1S/C12H14F3N2O/c13-12(14,15)10-4-2-1-3-9(10)11(18)17-7-5-16-6-8-17/h1-3,11,16,18H,5-8H2. The van der Waals surface area contributed by atoms with E-state index in [0.717, 1.165) is 0 Å². The molecule has 2 N–H and O–H groups in total. The van der Waals surface area contributed by atoms with Gasteiger partial charge in [-0.1, -0.05) is 18.2 Å². The normalized spacial score (nSPS) is 19.8. The highest BCUT2D eigenvalue weighted by molar-refractivity contribution is 5.30. The average molecular weight is 259 g/mol. The smallest absolute Gasteiger partial charge is 0.374 e. The molecule has 1 aliphatic heterocycles. The molecular formula is C12H14F3N2O. The number of hydrogen-bond acceptors (Lipinski definition) is 3. The first-order valence-corrected chi connectivity index (χ1v) is 5.71. The number of nitrogens with one attached hydrogen (secondary N) is 1. The average Bonchev–Trinajstić information content (AvgIpc) is 2.38. The van der Waals surface area contributed by atoms with Gasteiger partial charge < -0.3 is 10.4 Å². The Morgan fingerprint density at radius 2 is 2.00 bits per heavy atom. The van der Waals surface area contributed by atoms with Crippen molar-refractivity contribution >= 4 is 0 Å². The van der Waals surface area contributed by atoms with E-state index < -0.39 is 18.0 Å². The van der Waals surface area contributed by atoms with Gasteiger partial charge in [0.05, 0.1) is 5.56 Å². The van der Waals surface area contributed by atoms with Crippen molar-refractivity contribution in [1.29, 1.82) is 0 Å². The summed E-state index contributed by atoms with van der Waals surface area (Å²) in [5.41, 5.74) is -1.03. The van der Waals surface area contributed by atoms with E-state index in [9.17, 15) is 18.3 Å². The Balaban J connectivity index is 2.26. The van der Waals surface area contributed by atoms with Gasteiger partial charge in [0.2, 0.25) is 0 Å². The van der Waals surface area contributed by atoms with Crippen LogP contribution in [0.15, 0.2) is 18.2 Å². The summed E-state index contributed by atoms with van der Waals surface area (Å²) in [6.07, 6.45) is -5.73. The first kappa shape index (κ1) is 13.3. The molecule has 0 saturated carbocycles. The van der Waals surface area contributed by atoms with Gasteiger partial charge in [0.25, 0.3) is 0 Å². The number of alkyl halides is 3. The summed E-state index contributed by atoms with van der Waals surface area (Å²) in [7, 11) is 0. The summed E-state index contributed by atoms with van der Waals surface area (Å²) in [5, 5.41) is 13.2. The minimum absolute atomic E-state index is 0.132. The fourth-order valence-corrected chi connectivity index (χ4v) is 2.03. The van der Waals surface area contributed by atoms with E-state index in [0.29, 0.717) is 26.2 Å². The topological polar surface area (TPSA) is 35.5 Å². The lowest BCUT2D eigenvalue weighted by atomic mass is 10.0. The Bertz CT molecular complexity index is 403. The van der Waals surface area contributed by atoms with Crippen molar-refractivity contribution in [3.8, 4) is 0 Å². The Labute approximate surface area is 103 Å². The van der Waals surface area contributed by atoms with Crippen molar-refractivity contribution in [1.82, 2.24) is 10.2 Å². The lowest BCUT2D eigenvalue weighted by Crippen LogP contribution is -2.45. The number of aliphatic hydroxyl groups is 1. The zero-order valence-electron chi connectivity index (χ0n) is 9.67. The van der Waals surface area contributed by atoms with Crippen LogP contribution in [0.2, 0.25) is 0 Å². The molecule has 1 radical (unpaired) electrons. The van der Waals surface area contributed by atoms with Crippen LogP contribution >= 0.6 is 0 Å². The molecule has 6 heteroatoms. The van der Waals surface area contributed by atoms with Gasteiger partial charge >= 0.3 is 6.18 Å². The Kier molecular flexibility index (Phi) is 3.89. The highest BCUT2D eigenvalue weighted by Gasteiger charge is 2.36. The van der Waals surface area contributed by atoms with E-state index >= 15 is 0 Å². The molecule has 1 fully saturated rings. The second-order valence-electron chi connectivity index (χ2n) is 4.16. The number of rotatable bonds is 2. The zero-order chi connectivity index (χ0) is 13.2. The van der Waals surface area contributed by atoms with Crippen molar-refractivity contribution in [2.75, 3.05) is 26.2 Å². The van der Waals surface area contributed by atoms with Gasteiger partial charge in [-0.15, -0.1) is 0 Å². The van der Waals surface area contributed by atoms with Gasteiger partial charge in [0.15, 0.2) is 0 Å². The van der Waals surface area contributed by atoms with Gasteiger partial charge in [0, 0.05) is 31.7 Å². The number of halogens is 3. The molecule has 18 heavy (non-hydrogen) atoms. The van der Waals surface area contributed by atoms with E-state index in [1.165, 1.54) is 18.2 Å². The summed E-state index contributed by atoms with van der Waals surface area (Å²) < 4.78 is 38.4. The van der Waals surface area contributed by atoms with Crippen molar-refractivity contribution in [3.05, 3.63) is 35.4 Å². The summed E-state index contributed by atoms with van der Waals surface area (Å²) in [5.74, 6) is 0. The van der Waals surface area contributed by atoms with E-state index in [2.05, 4.69) is 11.4 Å². The van der Waals surface area contributed by atoms with E-state index in [4.69, 9.17) is 0 Å². The molecule has 1 unspecified atom stereocenters. The maximum absolute atomic E-state index is 12.8. The maximum atomic E-state index is 12.8. The number of benzene rings is 1. The third-order valence-corrected chi connectivity index (χ3v) is 2.95. The molecule has 1 saturated heterocycles. The summed E-state index contributed by atoms with van der Waals surface area (Å²) in [6, 6.07) is 6.13. The van der Waals surface area contributed by atoms with Crippen molar-refractivity contribution in [2.24, 2.45) is 0 Å². The van der Waals surface area contributed by atoms with Crippen molar-refractivity contribution < 1.29 is 18.3 Å². The first-order chi connectivity index (χ1) is 8.50. The second kappa shape index (κ2) is 5.26. The minimum Gasteiger partial charge on any atom is -0.374 e. The molecule has 99 valence electrons. The molecule has 0 spiro atoms. The molecule has 2 rings (SSSR count). The van der Waals surface area contributed by atoms with E-state index in [1.54, 1.807) is 4.90 Å². The second-order valence-corrected chi connectivity index (χ2v) is 4.16. The largest absolute Gasteiger partial charge is 0.417 e. The fraction of sp³-hybridized carbons (Fsp3) is 0.500. The molecular weight excluding hydrogens is 245 g/mol. The molecule has 0 aliphatic carbocycles. The molecule has 0 bridgehead atoms. The molecule has 1 atom stereocenters. The zero-order valence-corrected chi connectivity index (χ0v) is 9.67. The lowest BCUT2D eigenvalue weighted by molar-refractivity contribution is -0.141. The maximum Gasteiger partial charge on any atom is 0.417 e. The van der Waals surface area contributed by atoms with Gasteiger partial charge in [-0.05, 0) is 6.07 Å². The highest BCUT2D eigenvalue weighted by Crippen LogP contribution is 2.35. The first-order valence-electron chi connectivity index (χ1n) is 5.71. The molecule has 1 aromatic rings. The number of piperazine rings is 1. The van der Waals surface area contributed by atoms with E-state index in [1.807, 2.05) is 0 Å². The van der Waals surface area contributed by atoms with Crippen LogP contribution in [0.4, 0.5) is 13.2 Å². The highest BCUT2D eigenvalue weighted by atomic mass is 19.4. The molecule has 1 aromatic carbocycles. The predicted octanol–water partition coefficient (Wildman–Crippen LogP) is 1.40. The molecule has 1 heterocycles. The van der Waals surface area contributed by atoms with Crippen molar-refractivity contribution in [2.45, 2.75) is 12.4 Å². The lowest BCUT2D eigenvalue weighted by Gasteiger charge is -2.32. The third kappa shape index (κ3) is 2.82. The van der Waals surface area contributed by atoms with Crippen LogP contribution in [0.5, 0.6) is 0 Å². The van der Waals surface area contributed by atoms with Gasteiger partial charge in [-0.2, -0.15) is 13.2 Å². The third-order valence-electron chi connectivity index (χ3n) is 2.95. The number of hydrogen-bond donors (Lipinski definition) is 2. The Morgan fingerprint density at radius 3 is 2.61 bits per heavy atom. The number of aliphatic hydroxyl groups excluding tert-OH is 1. The van der Waals surface area contributed by atoms with Crippen LogP contribution in [0.25, 0.3) is 0 Å². The molecule has 0 amide bonds. The Morgan fingerprint density at radius 1 is 1.33 bits per heavy atom. The van der Waals surface area contributed by atoms with Crippen LogP contribution < -0.4 is 5.32 Å².